The number of anilines is 1. The standard InChI is InChI=1S/C26H21F3N4O/c1-4-34-23-12-7-18-14-33(20-10-11-21-22(13-20)32(3)15-30-21)16(2)24(25(18)31-23)17-5-8-19(9-6-17)26(27,28)29/h5-15H,2,4H2,1,3H3. The third kappa shape index (κ3) is 3.71. The molecule has 0 unspecified atom stereocenters. The topological polar surface area (TPSA) is 43.2 Å². The van der Waals surface area contributed by atoms with Gasteiger partial charge in [-0.3, -0.25) is 0 Å². The molecule has 0 saturated carbocycles. The number of rotatable bonds is 4. The van der Waals surface area contributed by atoms with Gasteiger partial charge in [-0.2, -0.15) is 13.2 Å². The van der Waals surface area contributed by atoms with E-state index in [1.165, 1.54) is 12.1 Å². The van der Waals surface area contributed by atoms with E-state index in [1.54, 1.807) is 12.4 Å². The first-order valence-electron chi connectivity index (χ1n) is 10.7. The van der Waals surface area contributed by atoms with E-state index >= 15 is 0 Å². The van der Waals surface area contributed by atoms with Crippen LogP contribution in [0.3, 0.4) is 0 Å². The Morgan fingerprint density at radius 2 is 1.79 bits per heavy atom. The number of benzene rings is 2. The number of halogens is 3. The second-order valence-corrected chi connectivity index (χ2v) is 7.94. The van der Waals surface area contributed by atoms with Crippen molar-refractivity contribution in [2.24, 2.45) is 7.05 Å². The Hall–Kier alpha value is -4.07. The Morgan fingerprint density at radius 3 is 2.50 bits per heavy atom. The summed E-state index contributed by atoms with van der Waals surface area (Å²) < 4.78 is 47.0. The number of hydrogen-bond donors (Lipinski definition) is 0. The number of allylic oxidation sites excluding steroid dienone is 1. The number of alkyl halides is 3. The maximum atomic E-state index is 13.2. The van der Waals surface area contributed by atoms with Crippen molar-refractivity contribution in [3.8, 4) is 5.88 Å². The summed E-state index contributed by atoms with van der Waals surface area (Å²) in [6.45, 7) is 6.61. The van der Waals surface area contributed by atoms with Crippen LogP contribution in [0.1, 0.15) is 18.1 Å². The van der Waals surface area contributed by atoms with Gasteiger partial charge in [0.05, 0.1) is 34.9 Å². The summed E-state index contributed by atoms with van der Waals surface area (Å²) in [5.74, 6) is 0.441. The van der Waals surface area contributed by atoms with E-state index < -0.39 is 11.7 Å². The number of aromatic nitrogens is 3. The molecule has 0 atom stereocenters. The predicted molar refractivity (Wildman–Crippen MR) is 125 cm³/mol. The predicted octanol–water partition coefficient (Wildman–Crippen LogP) is 4.36. The first-order chi connectivity index (χ1) is 16.3. The van der Waals surface area contributed by atoms with Gasteiger partial charge in [0.2, 0.25) is 5.88 Å². The summed E-state index contributed by atoms with van der Waals surface area (Å²) in [6.07, 6.45) is -0.744. The fourth-order valence-electron chi connectivity index (χ4n) is 4.08. The van der Waals surface area contributed by atoms with E-state index in [0.29, 0.717) is 34.7 Å². The molecule has 1 aliphatic rings. The number of aryl methyl sites for hydroxylation is 1. The highest BCUT2D eigenvalue weighted by molar-refractivity contribution is 5.90. The van der Waals surface area contributed by atoms with Crippen LogP contribution in [0.4, 0.5) is 18.9 Å². The average molecular weight is 462 g/mol. The molecule has 4 aromatic rings. The molecule has 0 saturated heterocycles. The molecule has 1 aliphatic heterocycles. The largest absolute Gasteiger partial charge is 0.478 e. The highest BCUT2D eigenvalue weighted by Gasteiger charge is 2.30. The van der Waals surface area contributed by atoms with Crippen molar-refractivity contribution in [2.75, 3.05) is 11.5 Å². The Balaban J connectivity index is 1.71. The molecule has 5 nitrogen and oxygen atoms in total. The Kier molecular flexibility index (Phi) is 5.16. The van der Waals surface area contributed by atoms with Crippen LogP contribution >= 0.6 is 0 Å². The molecular weight excluding hydrogens is 441 g/mol. The maximum absolute atomic E-state index is 13.2. The summed E-state index contributed by atoms with van der Waals surface area (Å²) in [4.78, 5) is 10.9. The van der Waals surface area contributed by atoms with Gasteiger partial charge in [-0.15, -0.1) is 0 Å². The van der Waals surface area contributed by atoms with Gasteiger partial charge in [0.25, 0.3) is 0 Å². The molecule has 0 N–H and O–H groups in total. The molecule has 8 heteroatoms. The molecule has 5 rings (SSSR count). The monoisotopic (exact) mass is 462 g/mol. The van der Waals surface area contributed by atoms with Gasteiger partial charge in [0.15, 0.2) is 0 Å². The van der Waals surface area contributed by atoms with Gasteiger partial charge in [-0.1, -0.05) is 18.7 Å². The summed E-state index contributed by atoms with van der Waals surface area (Å²) in [7, 11) is 1.92. The molecule has 0 spiro atoms. The first-order valence-corrected chi connectivity index (χ1v) is 10.7. The van der Waals surface area contributed by atoms with E-state index in [1.807, 2.05) is 53.9 Å². The van der Waals surface area contributed by atoms with Crippen LogP contribution < -0.4 is 20.2 Å². The van der Waals surface area contributed by atoms with E-state index in [4.69, 9.17) is 4.74 Å². The van der Waals surface area contributed by atoms with Crippen LogP contribution in [0, 0.1) is 0 Å². The molecule has 34 heavy (non-hydrogen) atoms. The third-order valence-electron chi connectivity index (χ3n) is 5.77. The van der Waals surface area contributed by atoms with Crippen molar-refractivity contribution in [3.63, 3.8) is 0 Å². The van der Waals surface area contributed by atoms with E-state index in [0.717, 1.165) is 34.1 Å². The summed E-state index contributed by atoms with van der Waals surface area (Å²) in [5.41, 5.74) is 3.77. The zero-order chi connectivity index (χ0) is 24.0. The summed E-state index contributed by atoms with van der Waals surface area (Å²) >= 11 is 0. The lowest BCUT2D eigenvalue weighted by molar-refractivity contribution is -0.137. The summed E-state index contributed by atoms with van der Waals surface area (Å²) in [6, 6.07) is 14.6. The Morgan fingerprint density at radius 1 is 1.03 bits per heavy atom. The number of fused-ring (bicyclic) bond motifs is 2. The lowest BCUT2D eigenvalue weighted by atomic mass is 9.97. The molecule has 172 valence electrons. The van der Waals surface area contributed by atoms with Crippen LogP contribution in [0.15, 0.2) is 73.2 Å². The minimum Gasteiger partial charge on any atom is -0.478 e. The van der Waals surface area contributed by atoms with E-state index in [9.17, 15) is 13.2 Å². The number of hydrogen-bond acceptors (Lipinski definition) is 4. The SMILES string of the molecule is C=C1C(c2ccc(C(F)(F)F)cc2)=c2nc(OCC)ccc2=CN1c1ccc2ncn(C)c2c1. The lowest BCUT2D eigenvalue weighted by Gasteiger charge is -2.28. The number of ether oxygens (including phenoxy) is 1. The lowest BCUT2D eigenvalue weighted by Crippen LogP contribution is -2.40. The number of imidazole rings is 1. The smallest absolute Gasteiger partial charge is 0.416 e. The fraction of sp³-hybridized carbons (Fsp3) is 0.154. The first kappa shape index (κ1) is 21.8. The number of pyridine rings is 1. The van der Waals surface area contributed by atoms with Crippen molar-refractivity contribution >= 4 is 28.5 Å². The third-order valence-corrected chi connectivity index (χ3v) is 5.77. The van der Waals surface area contributed by atoms with E-state index in [-0.39, 0.29) is 0 Å². The minimum absolute atomic E-state index is 0.441. The number of nitrogens with zero attached hydrogens (tertiary/aromatic N) is 4. The van der Waals surface area contributed by atoms with Crippen LogP contribution in [0.2, 0.25) is 0 Å². The molecule has 2 aromatic carbocycles. The normalized spacial score (nSPS) is 13.7. The zero-order valence-electron chi connectivity index (χ0n) is 18.6. The molecule has 0 aliphatic carbocycles. The Bertz CT molecular complexity index is 1540. The summed E-state index contributed by atoms with van der Waals surface area (Å²) in [5, 5.41) is 1.41. The molecule has 3 heterocycles. The molecule has 0 bridgehead atoms. The van der Waals surface area contributed by atoms with Crippen LogP contribution in [0.25, 0.3) is 22.8 Å². The maximum Gasteiger partial charge on any atom is 0.416 e. The molecule has 0 fully saturated rings. The highest BCUT2D eigenvalue weighted by Crippen LogP contribution is 2.33. The minimum atomic E-state index is -4.41. The average Bonchev–Trinajstić information content (AvgIpc) is 3.18. The molecule has 0 amide bonds. The van der Waals surface area contributed by atoms with Crippen molar-refractivity contribution in [1.29, 1.82) is 0 Å². The molecule has 2 aromatic heterocycles. The van der Waals surface area contributed by atoms with Crippen molar-refractivity contribution < 1.29 is 17.9 Å². The second-order valence-electron chi connectivity index (χ2n) is 7.94. The Labute approximate surface area is 193 Å². The van der Waals surface area contributed by atoms with Crippen molar-refractivity contribution in [1.82, 2.24) is 14.5 Å². The van der Waals surface area contributed by atoms with Crippen LogP contribution in [0.5, 0.6) is 5.88 Å². The highest BCUT2D eigenvalue weighted by atomic mass is 19.4. The van der Waals surface area contributed by atoms with Gasteiger partial charge >= 0.3 is 6.18 Å². The van der Waals surface area contributed by atoms with Gasteiger partial charge in [-0.05, 0) is 48.9 Å². The molecule has 0 radical (unpaired) electrons. The van der Waals surface area contributed by atoms with Gasteiger partial charge in [0.1, 0.15) is 0 Å². The quantitative estimate of drug-likeness (QED) is 0.452. The van der Waals surface area contributed by atoms with Crippen LogP contribution in [-0.4, -0.2) is 21.1 Å². The van der Waals surface area contributed by atoms with Gasteiger partial charge in [-0.25, -0.2) is 9.97 Å². The molecular formula is C26H21F3N4O. The van der Waals surface area contributed by atoms with Crippen molar-refractivity contribution in [2.45, 2.75) is 13.1 Å². The second kappa shape index (κ2) is 8.06. The van der Waals surface area contributed by atoms with Gasteiger partial charge in [0, 0.05) is 41.5 Å². The zero-order valence-corrected chi connectivity index (χ0v) is 18.6. The van der Waals surface area contributed by atoms with Gasteiger partial charge < -0.3 is 14.2 Å². The van der Waals surface area contributed by atoms with E-state index in [2.05, 4.69) is 16.5 Å². The van der Waals surface area contributed by atoms with Crippen LogP contribution in [-0.2, 0) is 13.2 Å². The van der Waals surface area contributed by atoms with Crippen molar-refractivity contribution in [3.05, 3.63) is 94.9 Å². The fourth-order valence-corrected chi connectivity index (χ4v) is 4.08.